The smallest absolute Gasteiger partial charge is 0.313 e. The van der Waals surface area contributed by atoms with E-state index in [1.807, 2.05) is 19.9 Å². The van der Waals surface area contributed by atoms with Gasteiger partial charge in [0.2, 0.25) is 0 Å². The van der Waals surface area contributed by atoms with Crippen LogP contribution in [-0.2, 0) is 11.2 Å². The fourth-order valence-corrected chi connectivity index (χ4v) is 1.68. The summed E-state index contributed by atoms with van der Waals surface area (Å²) in [6.45, 7) is 3.82. The fourth-order valence-electron chi connectivity index (χ4n) is 0.990. The monoisotopic (exact) mass is 212 g/mol. The first-order valence-electron chi connectivity index (χ1n) is 4.31. The molecule has 0 saturated carbocycles. The van der Waals surface area contributed by atoms with Gasteiger partial charge < -0.3 is 5.11 Å². The largest absolute Gasteiger partial charge is 0.481 e. The number of carboxylic acids is 1. The summed E-state index contributed by atoms with van der Waals surface area (Å²) in [5.74, 6) is -0.0962. The average molecular weight is 212 g/mol. The molecule has 0 fully saturated rings. The summed E-state index contributed by atoms with van der Waals surface area (Å²) in [4.78, 5) is 18.7. The predicted octanol–water partition coefficient (Wildman–Crippen LogP) is 1.52. The van der Waals surface area contributed by atoms with Gasteiger partial charge in [0.1, 0.15) is 10.9 Å². The van der Waals surface area contributed by atoms with Crippen molar-refractivity contribution in [1.82, 2.24) is 9.97 Å². The molecule has 4 nitrogen and oxygen atoms in total. The van der Waals surface area contributed by atoms with Gasteiger partial charge in [-0.2, -0.15) is 0 Å². The molecular formula is C9H12N2O2S. The molecule has 1 N–H and O–H groups in total. The molecule has 5 heteroatoms. The topological polar surface area (TPSA) is 63.1 Å². The van der Waals surface area contributed by atoms with Crippen LogP contribution in [0.2, 0.25) is 0 Å². The highest BCUT2D eigenvalue weighted by Gasteiger charge is 2.03. The molecule has 1 aromatic heterocycles. The zero-order chi connectivity index (χ0) is 10.6. The second kappa shape index (κ2) is 4.95. The molecule has 0 aromatic carbocycles. The van der Waals surface area contributed by atoms with Gasteiger partial charge in [0.25, 0.3) is 0 Å². The van der Waals surface area contributed by atoms with Crippen molar-refractivity contribution in [1.29, 1.82) is 0 Å². The standard InChI is InChI=1S/C9H12N2O2S/c1-3-7-4-8(11-6(2)10-7)14-5-9(12)13/h4H,3,5H2,1-2H3,(H,12,13). The van der Waals surface area contributed by atoms with Gasteiger partial charge in [-0.15, -0.1) is 0 Å². The normalized spacial score (nSPS) is 10.1. The molecule has 0 amide bonds. The van der Waals surface area contributed by atoms with E-state index in [1.54, 1.807) is 0 Å². The van der Waals surface area contributed by atoms with E-state index in [4.69, 9.17) is 5.11 Å². The van der Waals surface area contributed by atoms with Crippen LogP contribution in [0.1, 0.15) is 18.4 Å². The number of aliphatic carboxylic acids is 1. The van der Waals surface area contributed by atoms with Crippen molar-refractivity contribution in [2.75, 3.05) is 5.75 Å². The Hall–Kier alpha value is -1.10. The minimum absolute atomic E-state index is 0.0413. The van der Waals surface area contributed by atoms with Crippen molar-refractivity contribution in [3.05, 3.63) is 17.6 Å². The van der Waals surface area contributed by atoms with Crippen LogP contribution in [0.3, 0.4) is 0 Å². The van der Waals surface area contributed by atoms with Crippen molar-refractivity contribution < 1.29 is 9.90 Å². The maximum absolute atomic E-state index is 10.3. The van der Waals surface area contributed by atoms with Crippen LogP contribution in [0.15, 0.2) is 11.1 Å². The lowest BCUT2D eigenvalue weighted by Crippen LogP contribution is -2.00. The predicted molar refractivity (Wildman–Crippen MR) is 54.5 cm³/mol. The van der Waals surface area contributed by atoms with Gasteiger partial charge in [-0.05, 0) is 19.4 Å². The van der Waals surface area contributed by atoms with E-state index >= 15 is 0 Å². The summed E-state index contributed by atoms with van der Waals surface area (Å²) in [7, 11) is 0. The lowest BCUT2D eigenvalue weighted by atomic mass is 10.3. The van der Waals surface area contributed by atoms with Crippen LogP contribution in [0, 0.1) is 6.92 Å². The average Bonchev–Trinajstić information content (AvgIpc) is 2.14. The van der Waals surface area contributed by atoms with E-state index in [0.29, 0.717) is 5.82 Å². The van der Waals surface area contributed by atoms with Gasteiger partial charge >= 0.3 is 5.97 Å². The van der Waals surface area contributed by atoms with Gasteiger partial charge in [0.15, 0.2) is 0 Å². The first-order chi connectivity index (χ1) is 6.61. The molecule has 0 spiro atoms. The van der Waals surface area contributed by atoms with Crippen molar-refractivity contribution in [2.45, 2.75) is 25.3 Å². The third-order valence-corrected chi connectivity index (χ3v) is 2.47. The molecule has 0 aliphatic rings. The van der Waals surface area contributed by atoms with Gasteiger partial charge in [-0.25, -0.2) is 9.97 Å². The maximum Gasteiger partial charge on any atom is 0.313 e. The van der Waals surface area contributed by atoms with Crippen LogP contribution in [0.25, 0.3) is 0 Å². The molecule has 0 aliphatic carbocycles. The molecule has 76 valence electrons. The molecule has 1 rings (SSSR count). The Morgan fingerprint density at radius 2 is 2.29 bits per heavy atom. The summed E-state index contributed by atoms with van der Waals surface area (Å²) >= 11 is 1.22. The Labute approximate surface area is 86.8 Å². The van der Waals surface area contributed by atoms with E-state index in [-0.39, 0.29) is 5.75 Å². The molecular weight excluding hydrogens is 200 g/mol. The number of hydrogen-bond donors (Lipinski definition) is 1. The summed E-state index contributed by atoms with van der Waals surface area (Å²) < 4.78 is 0. The van der Waals surface area contributed by atoms with E-state index in [9.17, 15) is 4.79 Å². The van der Waals surface area contributed by atoms with Gasteiger partial charge in [0.05, 0.1) is 5.75 Å². The quantitative estimate of drug-likeness (QED) is 0.605. The Morgan fingerprint density at radius 3 is 2.86 bits per heavy atom. The molecule has 0 aliphatic heterocycles. The highest BCUT2D eigenvalue weighted by molar-refractivity contribution is 7.99. The molecule has 0 saturated heterocycles. The Bertz CT molecular complexity index is 342. The highest BCUT2D eigenvalue weighted by Crippen LogP contribution is 2.16. The Balaban J connectivity index is 2.76. The van der Waals surface area contributed by atoms with Crippen LogP contribution >= 0.6 is 11.8 Å². The first kappa shape index (κ1) is 11.0. The maximum atomic E-state index is 10.3. The first-order valence-corrected chi connectivity index (χ1v) is 5.29. The van der Waals surface area contributed by atoms with Crippen molar-refractivity contribution in [3.8, 4) is 0 Å². The summed E-state index contributed by atoms with van der Waals surface area (Å²) in [5, 5.41) is 9.24. The van der Waals surface area contributed by atoms with Crippen molar-refractivity contribution in [2.24, 2.45) is 0 Å². The highest BCUT2D eigenvalue weighted by atomic mass is 32.2. The van der Waals surface area contributed by atoms with E-state index in [1.165, 1.54) is 11.8 Å². The third kappa shape index (κ3) is 3.33. The molecule has 14 heavy (non-hydrogen) atoms. The number of hydrogen-bond acceptors (Lipinski definition) is 4. The minimum Gasteiger partial charge on any atom is -0.481 e. The molecule has 0 radical (unpaired) electrons. The lowest BCUT2D eigenvalue weighted by molar-refractivity contribution is -0.133. The third-order valence-electron chi connectivity index (χ3n) is 1.57. The zero-order valence-electron chi connectivity index (χ0n) is 8.15. The second-order valence-corrected chi connectivity index (χ2v) is 3.78. The number of carbonyl (C=O) groups is 1. The van der Waals surface area contributed by atoms with Crippen LogP contribution < -0.4 is 0 Å². The van der Waals surface area contributed by atoms with E-state index in [2.05, 4.69) is 9.97 Å². The molecule has 1 aromatic rings. The van der Waals surface area contributed by atoms with E-state index in [0.717, 1.165) is 17.1 Å². The number of nitrogens with zero attached hydrogens (tertiary/aromatic N) is 2. The molecule has 0 unspecified atom stereocenters. The van der Waals surface area contributed by atoms with Gasteiger partial charge in [-0.1, -0.05) is 18.7 Å². The van der Waals surface area contributed by atoms with Crippen LogP contribution in [0.4, 0.5) is 0 Å². The number of rotatable bonds is 4. The summed E-state index contributed by atoms with van der Waals surface area (Å²) in [6, 6.07) is 1.83. The summed E-state index contributed by atoms with van der Waals surface area (Å²) in [6.07, 6.45) is 0.837. The van der Waals surface area contributed by atoms with Gasteiger partial charge in [-0.3, -0.25) is 4.79 Å². The number of thioether (sulfide) groups is 1. The number of carboxylic acid groups (broad SMARTS) is 1. The minimum atomic E-state index is -0.829. The van der Waals surface area contributed by atoms with Crippen LogP contribution in [0.5, 0.6) is 0 Å². The molecule has 0 bridgehead atoms. The molecule has 1 heterocycles. The summed E-state index contributed by atoms with van der Waals surface area (Å²) in [5.41, 5.74) is 0.949. The van der Waals surface area contributed by atoms with Crippen molar-refractivity contribution in [3.63, 3.8) is 0 Å². The zero-order valence-corrected chi connectivity index (χ0v) is 8.97. The van der Waals surface area contributed by atoms with Gasteiger partial charge in [0, 0.05) is 5.69 Å². The molecule has 0 atom stereocenters. The SMILES string of the molecule is CCc1cc(SCC(=O)O)nc(C)n1. The fraction of sp³-hybridized carbons (Fsp3) is 0.444. The number of aromatic nitrogens is 2. The Kier molecular flexibility index (Phi) is 3.88. The van der Waals surface area contributed by atoms with Crippen LogP contribution in [-0.4, -0.2) is 26.8 Å². The number of aryl methyl sites for hydroxylation is 2. The second-order valence-electron chi connectivity index (χ2n) is 2.78. The lowest BCUT2D eigenvalue weighted by Gasteiger charge is -2.02. The Morgan fingerprint density at radius 1 is 1.57 bits per heavy atom. The van der Waals surface area contributed by atoms with Crippen molar-refractivity contribution >= 4 is 17.7 Å². The van der Waals surface area contributed by atoms with E-state index < -0.39 is 5.97 Å².